The topological polar surface area (TPSA) is 132 Å². The predicted octanol–water partition coefficient (Wildman–Crippen LogP) is -0.0611. The molecule has 3 rings (SSSR count). The summed E-state index contributed by atoms with van der Waals surface area (Å²) < 4.78 is 10.7. The summed E-state index contributed by atoms with van der Waals surface area (Å²) in [4.78, 5) is 31.6. The number of nitrogens with one attached hydrogen (secondary N) is 1. The van der Waals surface area contributed by atoms with Gasteiger partial charge in [-0.3, -0.25) is 9.69 Å². The number of carbonyl (C=O) groups is 2. The van der Waals surface area contributed by atoms with Gasteiger partial charge >= 0.3 is 5.97 Å². The second-order valence-electron chi connectivity index (χ2n) is 7.07. The number of nitrogens with zero attached hydrogens (tertiary/aromatic N) is 2. The van der Waals surface area contributed by atoms with Crippen LogP contribution in [0.15, 0.2) is 59.1 Å². The van der Waals surface area contributed by atoms with Gasteiger partial charge in [0.2, 0.25) is 0 Å². The number of benzene rings is 1. The maximum absolute atomic E-state index is 12.9. The van der Waals surface area contributed by atoms with Crippen LogP contribution in [0.25, 0.3) is 0 Å². The Morgan fingerprint density at radius 1 is 1.20 bits per heavy atom. The molecule has 9 nitrogen and oxygen atoms in total. The van der Waals surface area contributed by atoms with Crippen molar-refractivity contribution in [3.63, 3.8) is 0 Å². The Morgan fingerprint density at radius 3 is 2.57 bits per heavy atom. The zero-order valence-corrected chi connectivity index (χ0v) is 16.8. The van der Waals surface area contributed by atoms with Crippen LogP contribution in [-0.4, -0.2) is 67.7 Å². The van der Waals surface area contributed by atoms with Gasteiger partial charge in [0.1, 0.15) is 5.75 Å². The Morgan fingerprint density at radius 2 is 1.93 bits per heavy atom. The van der Waals surface area contributed by atoms with E-state index in [0.29, 0.717) is 37.6 Å². The highest BCUT2D eigenvalue weighted by molar-refractivity contribution is 5.97. The third-order valence-electron chi connectivity index (χ3n) is 4.90. The molecule has 1 aromatic rings. The molecule has 1 saturated heterocycles. The number of hydrogen-bond acceptors (Lipinski definition) is 6. The van der Waals surface area contributed by atoms with E-state index in [2.05, 4.69) is 15.2 Å². The summed E-state index contributed by atoms with van der Waals surface area (Å²) in [5.74, 6) is -0.596. The smallest absolute Gasteiger partial charge is 0.343 e. The number of nitrogens with two attached hydrogens (primary N) is 2. The summed E-state index contributed by atoms with van der Waals surface area (Å²) in [6, 6.07) is 8.77. The minimum atomic E-state index is -1.29. The van der Waals surface area contributed by atoms with Crippen molar-refractivity contribution in [1.29, 1.82) is 0 Å². The Bertz CT molecular complexity index is 842. The van der Waals surface area contributed by atoms with Gasteiger partial charge in [0, 0.05) is 32.6 Å². The lowest BCUT2D eigenvalue weighted by atomic mass is 9.88. The van der Waals surface area contributed by atoms with Crippen molar-refractivity contribution < 1.29 is 19.1 Å². The lowest BCUT2D eigenvalue weighted by Crippen LogP contribution is -2.49. The molecule has 1 aliphatic heterocycles. The highest BCUT2D eigenvalue weighted by atomic mass is 16.5. The molecule has 1 aliphatic carbocycles. The molecule has 30 heavy (non-hydrogen) atoms. The standard InChI is InChI=1S/C21H27N5O4/c22-20(23)25-21(19(28)24-10-11-26-12-14-29-15-13-26)8-6-16(7-9-21)18(27)30-17-4-2-1-3-5-17/h1-8H,9-15H2,(H,24,28)(H4,22,23,25). The number of carbonyl (C=O) groups excluding carboxylic acids is 2. The van der Waals surface area contributed by atoms with Crippen molar-refractivity contribution in [1.82, 2.24) is 10.2 Å². The highest BCUT2D eigenvalue weighted by Crippen LogP contribution is 2.26. The quantitative estimate of drug-likeness (QED) is 0.247. The first-order valence-electron chi connectivity index (χ1n) is 9.84. The second-order valence-corrected chi connectivity index (χ2v) is 7.07. The Balaban J connectivity index is 1.61. The molecule has 0 radical (unpaired) electrons. The van der Waals surface area contributed by atoms with Gasteiger partial charge < -0.3 is 26.3 Å². The third kappa shape index (κ3) is 5.68. The fourth-order valence-corrected chi connectivity index (χ4v) is 3.27. The molecule has 0 aromatic heterocycles. The van der Waals surface area contributed by atoms with Crippen LogP contribution in [0.4, 0.5) is 0 Å². The summed E-state index contributed by atoms with van der Waals surface area (Å²) >= 11 is 0. The van der Waals surface area contributed by atoms with E-state index in [1.807, 2.05) is 6.07 Å². The van der Waals surface area contributed by atoms with Gasteiger partial charge in [-0.1, -0.05) is 24.3 Å². The maximum Gasteiger partial charge on any atom is 0.343 e. The number of aliphatic imine (C=N–C) groups is 1. The fraction of sp³-hybridized carbons (Fsp3) is 0.381. The number of hydrogen-bond donors (Lipinski definition) is 3. The van der Waals surface area contributed by atoms with Gasteiger partial charge in [0.15, 0.2) is 11.5 Å². The minimum absolute atomic E-state index is 0.143. The van der Waals surface area contributed by atoms with Gasteiger partial charge in [-0.25, -0.2) is 9.79 Å². The van der Waals surface area contributed by atoms with E-state index in [9.17, 15) is 9.59 Å². The molecule has 1 fully saturated rings. The summed E-state index contributed by atoms with van der Waals surface area (Å²) in [6.45, 7) is 4.24. The van der Waals surface area contributed by atoms with E-state index in [-0.39, 0.29) is 18.3 Å². The minimum Gasteiger partial charge on any atom is -0.423 e. The van der Waals surface area contributed by atoms with Crippen LogP contribution in [0.3, 0.4) is 0 Å². The van der Waals surface area contributed by atoms with E-state index >= 15 is 0 Å². The van der Waals surface area contributed by atoms with Crippen molar-refractivity contribution in [2.75, 3.05) is 39.4 Å². The first-order valence-corrected chi connectivity index (χ1v) is 9.84. The Labute approximate surface area is 175 Å². The zero-order chi connectivity index (χ0) is 21.4. The van der Waals surface area contributed by atoms with Crippen LogP contribution in [0, 0.1) is 0 Å². The normalized spacial score (nSPS) is 21.4. The molecule has 0 spiro atoms. The average Bonchev–Trinajstić information content (AvgIpc) is 2.75. The molecule has 9 heteroatoms. The molecule has 1 unspecified atom stereocenters. The molecule has 1 atom stereocenters. The predicted molar refractivity (Wildman–Crippen MR) is 113 cm³/mol. The average molecular weight is 413 g/mol. The molecule has 1 aromatic carbocycles. The van der Waals surface area contributed by atoms with Crippen molar-refractivity contribution >= 4 is 17.8 Å². The van der Waals surface area contributed by atoms with Crippen LogP contribution < -0.4 is 21.5 Å². The molecular formula is C21H27N5O4. The third-order valence-corrected chi connectivity index (χ3v) is 4.90. The van der Waals surface area contributed by atoms with Gasteiger partial charge in [-0.15, -0.1) is 0 Å². The van der Waals surface area contributed by atoms with Gasteiger partial charge in [-0.05, 0) is 24.3 Å². The number of rotatable bonds is 7. The molecule has 0 saturated carbocycles. The Kier molecular flexibility index (Phi) is 7.21. The summed E-state index contributed by atoms with van der Waals surface area (Å²) in [6.07, 6.45) is 4.81. The first-order chi connectivity index (χ1) is 14.5. The molecular weight excluding hydrogens is 386 g/mol. The molecule has 2 aliphatic rings. The van der Waals surface area contributed by atoms with E-state index in [1.165, 1.54) is 6.08 Å². The Hall–Kier alpha value is -3.17. The number of para-hydroxylation sites is 1. The van der Waals surface area contributed by atoms with Crippen LogP contribution in [0.1, 0.15) is 6.42 Å². The number of amides is 1. The van der Waals surface area contributed by atoms with Crippen LogP contribution in [0.5, 0.6) is 5.75 Å². The van der Waals surface area contributed by atoms with Crippen molar-refractivity contribution in [2.24, 2.45) is 16.5 Å². The van der Waals surface area contributed by atoms with Crippen molar-refractivity contribution in [3.8, 4) is 5.75 Å². The summed E-state index contributed by atoms with van der Waals surface area (Å²) in [5.41, 5.74) is 10.2. The highest BCUT2D eigenvalue weighted by Gasteiger charge is 2.37. The second kappa shape index (κ2) is 10.0. The summed E-state index contributed by atoms with van der Waals surface area (Å²) in [5, 5.41) is 2.89. The van der Waals surface area contributed by atoms with Gasteiger partial charge in [0.05, 0.1) is 18.8 Å². The van der Waals surface area contributed by atoms with Crippen LogP contribution in [-0.2, 0) is 14.3 Å². The molecule has 0 bridgehead atoms. The molecule has 1 amide bonds. The van der Waals surface area contributed by atoms with Crippen LogP contribution >= 0.6 is 0 Å². The van der Waals surface area contributed by atoms with Crippen molar-refractivity contribution in [3.05, 3.63) is 54.1 Å². The maximum atomic E-state index is 12.9. The molecule has 1 heterocycles. The van der Waals surface area contributed by atoms with Gasteiger partial charge in [0.25, 0.3) is 5.91 Å². The van der Waals surface area contributed by atoms with E-state index in [0.717, 1.165) is 13.1 Å². The zero-order valence-electron chi connectivity index (χ0n) is 16.8. The summed E-state index contributed by atoms with van der Waals surface area (Å²) in [7, 11) is 0. The first kappa shape index (κ1) is 21.5. The number of guanidine groups is 1. The monoisotopic (exact) mass is 413 g/mol. The molecule has 160 valence electrons. The lowest BCUT2D eigenvalue weighted by Gasteiger charge is -2.29. The number of morpholine rings is 1. The van der Waals surface area contributed by atoms with Gasteiger partial charge in [-0.2, -0.15) is 0 Å². The SMILES string of the molecule is NC(N)=NC1(C(=O)NCCN2CCOCC2)C=CC(C(=O)Oc2ccccc2)=CC1. The van der Waals surface area contributed by atoms with Crippen molar-refractivity contribution in [2.45, 2.75) is 12.0 Å². The van der Waals surface area contributed by atoms with Crippen LogP contribution in [0.2, 0.25) is 0 Å². The van der Waals surface area contributed by atoms with E-state index in [4.69, 9.17) is 20.9 Å². The fourth-order valence-electron chi connectivity index (χ4n) is 3.27. The number of ether oxygens (including phenoxy) is 2. The number of esters is 1. The lowest BCUT2D eigenvalue weighted by molar-refractivity contribution is -0.130. The molecule has 5 N–H and O–H groups in total. The largest absolute Gasteiger partial charge is 0.423 e. The van der Waals surface area contributed by atoms with E-state index < -0.39 is 11.5 Å². The van der Waals surface area contributed by atoms with E-state index in [1.54, 1.807) is 36.4 Å².